The van der Waals surface area contributed by atoms with Gasteiger partial charge in [0.15, 0.2) is 0 Å². The summed E-state index contributed by atoms with van der Waals surface area (Å²) in [5.74, 6) is 2.37. The highest BCUT2D eigenvalue weighted by Crippen LogP contribution is 2.49. The molecule has 3 aliphatic rings. The molecule has 2 saturated carbocycles. The molecular weight excluding hydrogens is 341 g/mol. The van der Waals surface area contributed by atoms with Crippen LogP contribution in [0.4, 0.5) is 18.9 Å². The fourth-order valence-electron chi connectivity index (χ4n) is 5.07. The van der Waals surface area contributed by atoms with Crippen molar-refractivity contribution < 1.29 is 18.0 Å². The molecule has 26 heavy (non-hydrogen) atoms. The largest absolute Gasteiger partial charge is 0.416 e. The van der Waals surface area contributed by atoms with Crippen LogP contribution in [0.1, 0.15) is 37.7 Å². The fourth-order valence-corrected chi connectivity index (χ4v) is 5.07. The molecule has 1 aromatic carbocycles. The number of benzene rings is 1. The summed E-state index contributed by atoms with van der Waals surface area (Å²) < 4.78 is 38.7. The Morgan fingerprint density at radius 1 is 1.08 bits per heavy atom. The second kappa shape index (κ2) is 6.78. The average Bonchev–Trinajstić information content (AvgIpc) is 3.24. The number of hydrogen-bond donors (Lipinski definition) is 0. The summed E-state index contributed by atoms with van der Waals surface area (Å²) in [7, 11) is 0. The highest BCUT2D eigenvalue weighted by Gasteiger charge is 2.40. The molecule has 1 aliphatic heterocycles. The molecule has 4 rings (SSSR count). The van der Waals surface area contributed by atoms with Gasteiger partial charge in [0.25, 0.3) is 0 Å². The van der Waals surface area contributed by atoms with Gasteiger partial charge in [-0.2, -0.15) is 13.2 Å². The van der Waals surface area contributed by atoms with E-state index in [2.05, 4.69) is 0 Å². The van der Waals surface area contributed by atoms with Crippen molar-refractivity contribution in [2.75, 3.05) is 31.1 Å². The van der Waals surface area contributed by atoms with Gasteiger partial charge in [0.2, 0.25) is 5.91 Å². The van der Waals surface area contributed by atoms with Gasteiger partial charge in [0, 0.05) is 38.3 Å². The summed E-state index contributed by atoms with van der Waals surface area (Å²) in [5.41, 5.74) is -0.0372. The van der Waals surface area contributed by atoms with Crippen LogP contribution in [-0.4, -0.2) is 37.0 Å². The number of amides is 1. The van der Waals surface area contributed by atoms with Gasteiger partial charge >= 0.3 is 6.18 Å². The van der Waals surface area contributed by atoms with Gasteiger partial charge in [0.1, 0.15) is 0 Å². The molecule has 1 aromatic rings. The second-order valence-electron chi connectivity index (χ2n) is 8.05. The van der Waals surface area contributed by atoms with Gasteiger partial charge in [-0.15, -0.1) is 0 Å². The monoisotopic (exact) mass is 366 g/mol. The zero-order chi connectivity index (χ0) is 18.3. The zero-order valence-corrected chi connectivity index (χ0v) is 14.8. The first-order valence-corrected chi connectivity index (χ1v) is 9.60. The van der Waals surface area contributed by atoms with Gasteiger partial charge in [-0.05, 0) is 55.2 Å². The Morgan fingerprint density at radius 2 is 1.85 bits per heavy atom. The Labute approximate surface area is 152 Å². The third-order valence-electron chi connectivity index (χ3n) is 6.49. The summed E-state index contributed by atoms with van der Waals surface area (Å²) >= 11 is 0. The van der Waals surface area contributed by atoms with E-state index in [1.807, 2.05) is 9.80 Å². The maximum absolute atomic E-state index is 12.9. The second-order valence-corrected chi connectivity index (χ2v) is 8.05. The molecule has 1 saturated heterocycles. The minimum atomic E-state index is -4.32. The predicted octanol–water partition coefficient (Wildman–Crippen LogP) is 4.18. The molecule has 0 radical (unpaired) electrons. The number of halogens is 3. The lowest BCUT2D eigenvalue weighted by Gasteiger charge is -2.37. The number of carbonyl (C=O) groups is 1. The first-order valence-electron chi connectivity index (χ1n) is 9.60. The number of nitrogens with zero attached hydrogens (tertiary/aromatic N) is 2. The molecular formula is C20H25F3N2O. The van der Waals surface area contributed by atoms with E-state index in [4.69, 9.17) is 0 Å². The van der Waals surface area contributed by atoms with E-state index in [-0.39, 0.29) is 5.91 Å². The van der Waals surface area contributed by atoms with E-state index in [1.54, 1.807) is 6.07 Å². The van der Waals surface area contributed by atoms with Crippen LogP contribution in [0.3, 0.4) is 0 Å². The number of carbonyl (C=O) groups excluding carboxylic acids is 1. The summed E-state index contributed by atoms with van der Waals surface area (Å²) in [6.07, 6.45) is 1.47. The van der Waals surface area contributed by atoms with Gasteiger partial charge in [0.05, 0.1) is 5.56 Å². The van der Waals surface area contributed by atoms with E-state index in [0.717, 1.165) is 17.9 Å². The smallest absolute Gasteiger partial charge is 0.368 e. The molecule has 142 valence electrons. The fraction of sp³-hybridized carbons (Fsp3) is 0.650. The Kier molecular flexibility index (Phi) is 4.61. The van der Waals surface area contributed by atoms with Crippen LogP contribution in [0.15, 0.2) is 24.3 Å². The van der Waals surface area contributed by atoms with Crippen LogP contribution >= 0.6 is 0 Å². The van der Waals surface area contributed by atoms with Crippen molar-refractivity contribution in [1.82, 2.24) is 4.90 Å². The number of piperazine rings is 1. The summed E-state index contributed by atoms with van der Waals surface area (Å²) in [6.45, 7) is 2.36. The van der Waals surface area contributed by atoms with Crippen LogP contribution in [0.5, 0.6) is 0 Å². The van der Waals surface area contributed by atoms with Crippen LogP contribution in [-0.2, 0) is 11.0 Å². The van der Waals surface area contributed by atoms with Crippen LogP contribution in [0.25, 0.3) is 0 Å². The number of rotatable bonds is 3. The maximum Gasteiger partial charge on any atom is 0.416 e. The van der Waals surface area contributed by atoms with E-state index in [1.165, 1.54) is 37.8 Å². The highest BCUT2D eigenvalue weighted by molar-refractivity contribution is 5.77. The van der Waals surface area contributed by atoms with Gasteiger partial charge < -0.3 is 9.80 Å². The average molecular weight is 366 g/mol. The summed E-state index contributed by atoms with van der Waals surface area (Å²) in [4.78, 5) is 16.5. The standard InChI is InChI=1S/C20H25F3N2O/c21-20(22,23)17-2-1-3-18(13-17)24-6-8-25(9-7-24)19(26)12-16-11-14-4-5-15(16)10-14/h1-3,13-16H,4-12H2/t14-,15-,16+/m1/s1. The molecule has 6 heteroatoms. The quantitative estimate of drug-likeness (QED) is 0.801. The van der Waals surface area contributed by atoms with E-state index >= 15 is 0 Å². The molecule has 0 unspecified atom stereocenters. The van der Waals surface area contributed by atoms with E-state index < -0.39 is 11.7 Å². The Hall–Kier alpha value is -1.72. The van der Waals surface area contributed by atoms with Crippen LogP contribution in [0.2, 0.25) is 0 Å². The van der Waals surface area contributed by atoms with Crippen molar-refractivity contribution in [3.05, 3.63) is 29.8 Å². The Balaban J connectivity index is 1.32. The maximum atomic E-state index is 12.9. The van der Waals surface area contributed by atoms with E-state index in [0.29, 0.717) is 44.2 Å². The molecule has 2 aliphatic carbocycles. The number of alkyl halides is 3. The minimum Gasteiger partial charge on any atom is -0.368 e. The molecule has 3 fully saturated rings. The lowest BCUT2D eigenvalue weighted by Crippen LogP contribution is -2.49. The van der Waals surface area contributed by atoms with E-state index in [9.17, 15) is 18.0 Å². The molecule has 2 bridgehead atoms. The van der Waals surface area contributed by atoms with Gasteiger partial charge in [-0.1, -0.05) is 12.5 Å². The number of hydrogen-bond acceptors (Lipinski definition) is 2. The van der Waals surface area contributed by atoms with Crippen molar-refractivity contribution in [3.8, 4) is 0 Å². The Morgan fingerprint density at radius 3 is 2.46 bits per heavy atom. The van der Waals surface area contributed by atoms with Crippen LogP contribution in [0, 0.1) is 17.8 Å². The third kappa shape index (κ3) is 3.55. The van der Waals surface area contributed by atoms with Crippen molar-refractivity contribution in [3.63, 3.8) is 0 Å². The zero-order valence-electron chi connectivity index (χ0n) is 14.8. The van der Waals surface area contributed by atoms with Crippen molar-refractivity contribution in [1.29, 1.82) is 0 Å². The normalized spacial score (nSPS) is 28.7. The molecule has 0 spiro atoms. The van der Waals surface area contributed by atoms with Gasteiger partial charge in [-0.3, -0.25) is 4.79 Å². The summed E-state index contributed by atoms with van der Waals surface area (Å²) in [5, 5.41) is 0. The molecule has 3 atom stereocenters. The molecule has 1 amide bonds. The van der Waals surface area contributed by atoms with Crippen molar-refractivity contribution in [2.24, 2.45) is 17.8 Å². The number of fused-ring (bicyclic) bond motifs is 2. The van der Waals surface area contributed by atoms with Gasteiger partial charge in [-0.25, -0.2) is 0 Å². The Bertz CT molecular complexity index is 667. The highest BCUT2D eigenvalue weighted by atomic mass is 19.4. The molecule has 3 nitrogen and oxygen atoms in total. The summed E-state index contributed by atoms with van der Waals surface area (Å²) in [6, 6.07) is 5.46. The molecule has 0 N–H and O–H groups in total. The molecule has 0 aromatic heterocycles. The lowest BCUT2D eigenvalue weighted by molar-refractivity contribution is -0.137. The molecule has 1 heterocycles. The third-order valence-corrected chi connectivity index (χ3v) is 6.49. The van der Waals surface area contributed by atoms with Crippen molar-refractivity contribution >= 4 is 11.6 Å². The SMILES string of the molecule is O=C(C[C@@H]1C[C@@H]2CC[C@@H]1C2)N1CCN(c2cccc(C(F)(F)F)c2)CC1. The predicted molar refractivity (Wildman–Crippen MR) is 93.8 cm³/mol. The number of anilines is 1. The topological polar surface area (TPSA) is 23.6 Å². The first-order chi connectivity index (χ1) is 12.4. The first kappa shape index (κ1) is 17.7. The minimum absolute atomic E-state index is 0.228. The van der Waals surface area contributed by atoms with Crippen molar-refractivity contribution in [2.45, 2.75) is 38.3 Å². The van der Waals surface area contributed by atoms with Crippen LogP contribution < -0.4 is 4.90 Å². The lowest BCUT2D eigenvalue weighted by atomic mass is 9.86.